The molecule has 0 saturated heterocycles. The van der Waals surface area contributed by atoms with Crippen LogP contribution in [-0.4, -0.2) is 17.5 Å². The van der Waals surface area contributed by atoms with Crippen LogP contribution >= 0.6 is 0 Å². The van der Waals surface area contributed by atoms with Gasteiger partial charge in [-0.3, -0.25) is 14.9 Å². The number of carbonyl (C=O) groups excluding carboxylic acids is 1. The maximum Gasteiger partial charge on any atom is 0.313 e. The molecule has 1 aromatic rings. The lowest BCUT2D eigenvalue weighted by Gasteiger charge is -2.15. The van der Waals surface area contributed by atoms with Crippen molar-refractivity contribution >= 4 is 11.7 Å². The SMILES string of the molecule is CCCC[C@H](C(=O)OCC)c1ccc([N+](=O)[O-])cc1. The summed E-state index contributed by atoms with van der Waals surface area (Å²) in [5, 5.41) is 10.6. The normalized spacial score (nSPS) is 11.9. The van der Waals surface area contributed by atoms with Gasteiger partial charge in [0.2, 0.25) is 0 Å². The maximum atomic E-state index is 11.9. The summed E-state index contributed by atoms with van der Waals surface area (Å²) in [6.45, 7) is 4.16. The molecule has 0 unspecified atom stereocenters. The Balaban J connectivity index is 2.89. The van der Waals surface area contributed by atoms with Crippen molar-refractivity contribution in [2.45, 2.75) is 39.0 Å². The standard InChI is InChI=1S/C14H19NO4/c1-3-5-6-13(14(16)19-4-2)11-7-9-12(10-8-11)15(17)18/h7-10,13H,3-6H2,1-2H3/t13-/m0/s1. The minimum Gasteiger partial charge on any atom is -0.466 e. The molecular formula is C14H19NO4. The molecule has 0 radical (unpaired) electrons. The van der Waals surface area contributed by atoms with Crippen LogP contribution < -0.4 is 0 Å². The van der Waals surface area contributed by atoms with E-state index >= 15 is 0 Å². The van der Waals surface area contributed by atoms with E-state index in [1.54, 1.807) is 19.1 Å². The smallest absolute Gasteiger partial charge is 0.313 e. The molecule has 0 saturated carbocycles. The fourth-order valence-electron chi connectivity index (χ4n) is 1.90. The maximum absolute atomic E-state index is 11.9. The average Bonchev–Trinajstić information content (AvgIpc) is 2.40. The van der Waals surface area contributed by atoms with Gasteiger partial charge in [0.15, 0.2) is 0 Å². The Morgan fingerprint density at radius 3 is 2.42 bits per heavy atom. The number of esters is 1. The van der Waals surface area contributed by atoms with E-state index in [2.05, 4.69) is 6.92 Å². The second kappa shape index (κ2) is 7.51. The van der Waals surface area contributed by atoms with E-state index in [4.69, 9.17) is 4.74 Å². The van der Waals surface area contributed by atoms with Crippen molar-refractivity contribution < 1.29 is 14.5 Å². The van der Waals surface area contributed by atoms with Crippen molar-refractivity contribution in [1.29, 1.82) is 0 Å². The second-order valence-electron chi connectivity index (χ2n) is 4.30. The van der Waals surface area contributed by atoms with Crippen LogP contribution in [0.4, 0.5) is 5.69 Å². The molecule has 0 amide bonds. The van der Waals surface area contributed by atoms with E-state index in [1.165, 1.54) is 12.1 Å². The van der Waals surface area contributed by atoms with Crippen molar-refractivity contribution in [2.24, 2.45) is 0 Å². The fourth-order valence-corrected chi connectivity index (χ4v) is 1.90. The molecule has 19 heavy (non-hydrogen) atoms. The number of benzene rings is 1. The summed E-state index contributed by atoms with van der Waals surface area (Å²) in [5.41, 5.74) is 0.805. The van der Waals surface area contributed by atoms with E-state index in [9.17, 15) is 14.9 Å². The average molecular weight is 265 g/mol. The summed E-state index contributed by atoms with van der Waals surface area (Å²) in [7, 11) is 0. The predicted molar refractivity (Wildman–Crippen MR) is 72.0 cm³/mol. The van der Waals surface area contributed by atoms with E-state index in [1.807, 2.05) is 0 Å². The van der Waals surface area contributed by atoms with Crippen LogP contribution in [-0.2, 0) is 9.53 Å². The first-order valence-electron chi connectivity index (χ1n) is 6.51. The summed E-state index contributed by atoms with van der Waals surface area (Å²) in [6.07, 6.45) is 2.61. The summed E-state index contributed by atoms with van der Waals surface area (Å²) in [6, 6.07) is 6.12. The minimum absolute atomic E-state index is 0.0295. The van der Waals surface area contributed by atoms with Gasteiger partial charge in [-0.15, -0.1) is 0 Å². The molecule has 5 nitrogen and oxygen atoms in total. The number of hydrogen-bond donors (Lipinski definition) is 0. The number of nitro benzene ring substituents is 1. The molecule has 0 bridgehead atoms. The molecular weight excluding hydrogens is 246 g/mol. The van der Waals surface area contributed by atoms with Crippen molar-refractivity contribution in [2.75, 3.05) is 6.61 Å². The Morgan fingerprint density at radius 1 is 1.32 bits per heavy atom. The zero-order valence-electron chi connectivity index (χ0n) is 11.3. The van der Waals surface area contributed by atoms with Gasteiger partial charge in [0, 0.05) is 12.1 Å². The van der Waals surface area contributed by atoms with Crippen LogP contribution in [0, 0.1) is 10.1 Å². The molecule has 5 heteroatoms. The third-order valence-electron chi connectivity index (χ3n) is 2.92. The van der Waals surface area contributed by atoms with Crippen LogP contribution in [0.15, 0.2) is 24.3 Å². The summed E-state index contributed by atoms with van der Waals surface area (Å²) >= 11 is 0. The number of unbranched alkanes of at least 4 members (excludes halogenated alkanes) is 1. The Bertz CT molecular complexity index is 428. The van der Waals surface area contributed by atoms with Crippen molar-refractivity contribution in [3.63, 3.8) is 0 Å². The lowest BCUT2D eigenvalue weighted by atomic mass is 9.93. The van der Waals surface area contributed by atoms with Crippen molar-refractivity contribution in [1.82, 2.24) is 0 Å². The van der Waals surface area contributed by atoms with Crippen LogP contribution in [0.5, 0.6) is 0 Å². The number of carbonyl (C=O) groups is 1. The van der Waals surface area contributed by atoms with E-state index in [-0.39, 0.29) is 17.6 Å². The topological polar surface area (TPSA) is 69.4 Å². The Hall–Kier alpha value is -1.91. The fraction of sp³-hybridized carbons (Fsp3) is 0.500. The van der Waals surface area contributed by atoms with E-state index in [0.29, 0.717) is 13.0 Å². The molecule has 0 spiro atoms. The van der Waals surface area contributed by atoms with Gasteiger partial charge in [0.05, 0.1) is 17.4 Å². The highest BCUT2D eigenvalue weighted by molar-refractivity contribution is 5.78. The number of nitrogens with zero attached hydrogens (tertiary/aromatic N) is 1. The van der Waals surface area contributed by atoms with Crippen molar-refractivity contribution in [3.8, 4) is 0 Å². The molecule has 0 aromatic heterocycles. The molecule has 0 aliphatic rings. The van der Waals surface area contributed by atoms with Gasteiger partial charge in [-0.1, -0.05) is 31.9 Å². The quantitative estimate of drug-likeness (QED) is 0.430. The van der Waals surface area contributed by atoms with Gasteiger partial charge in [-0.25, -0.2) is 0 Å². The van der Waals surface area contributed by atoms with E-state index in [0.717, 1.165) is 18.4 Å². The van der Waals surface area contributed by atoms with Gasteiger partial charge in [-0.2, -0.15) is 0 Å². The third-order valence-corrected chi connectivity index (χ3v) is 2.92. The zero-order valence-corrected chi connectivity index (χ0v) is 11.3. The van der Waals surface area contributed by atoms with Crippen molar-refractivity contribution in [3.05, 3.63) is 39.9 Å². The molecule has 0 fully saturated rings. The Labute approximate surface area is 112 Å². The summed E-state index contributed by atoms with van der Waals surface area (Å²) in [5.74, 6) is -0.592. The summed E-state index contributed by atoms with van der Waals surface area (Å²) < 4.78 is 5.06. The van der Waals surface area contributed by atoms with Crippen LogP contribution in [0.2, 0.25) is 0 Å². The molecule has 1 rings (SSSR count). The van der Waals surface area contributed by atoms with Gasteiger partial charge in [0.1, 0.15) is 0 Å². The molecule has 0 heterocycles. The van der Waals surface area contributed by atoms with E-state index < -0.39 is 4.92 Å². The monoisotopic (exact) mass is 265 g/mol. The van der Waals surface area contributed by atoms with Gasteiger partial charge < -0.3 is 4.74 Å². The van der Waals surface area contributed by atoms with Crippen LogP contribution in [0.1, 0.15) is 44.6 Å². The second-order valence-corrected chi connectivity index (χ2v) is 4.30. The molecule has 104 valence electrons. The minimum atomic E-state index is -0.449. The molecule has 1 aromatic carbocycles. The molecule has 0 aliphatic heterocycles. The largest absolute Gasteiger partial charge is 0.466 e. The van der Waals surface area contributed by atoms with Gasteiger partial charge in [0.25, 0.3) is 5.69 Å². The van der Waals surface area contributed by atoms with Crippen LogP contribution in [0.3, 0.4) is 0 Å². The first kappa shape index (κ1) is 15.1. The first-order chi connectivity index (χ1) is 9.10. The van der Waals surface area contributed by atoms with Gasteiger partial charge >= 0.3 is 5.97 Å². The highest BCUT2D eigenvalue weighted by atomic mass is 16.6. The molecule has 1 atom stereocenters. The Kier molecular flexibility index (Phi) is 5.99. The number of non-ortho nitro benzene ring substituents is 1. The predicted octanol–water partition coefficient (Wildman–Crippen LogP) is 3.43. The number of ether oxygens (including phenoxy) is 1. The van der Waals surface area contributed by atoms with Gasteiger partial charge in [-0.05, 0) is 18.9 Å². The lowest BCUT2D eigenvalue weighted by Crippen LogP contribution is -2.16. The number of rotatable bonds is 7. The highest BCUT2D eigenvalue weighted by Crippen LogP contribution is 2.25. The molecule has 0 aliphatic carbocycles. The highest BCUT2D eigenvalue weighted by Gasteiger charge is 2.22. The first-order valence-corrected chi connectivity index (χ1v) is 6.51. The zero-order chi connectivity index (χ0) is 14.3. The number of hydrogen-bond acceptors (Lipinski definition) is 4. The van der Waals surface area contributed by atoms with Crippen LogP contribution in [0.25, 0.3) is 0 Å². The number of nitro groups is 1. The summed E-state index contributed by atoms with van der Waals surface area (Å²) in [4.78, 5) is 22.1. The third kappa shape index (κ3) is 4.35. The Morgan fingerprint density at radius 2 is 1.95 bits per heavy atom. The lowest BCUT2D eigenvalue weighted by molar-refractivity contribution is -0.384. The molecule has 0 N–H and O–H groups in total.